The van der Waals surface area contributed by atoms with E-state index in [1.807, 2.05) is 73.7 Å². The number of hydrogen-bond acceptors (Lipinski definition) is 6. The van der Waals surface area contributed by atoms with Gasteiger partial charge in [-0.15, -0.1) is 11.8 Å². The summed E-state index contributed by atoms with van der Waals surface area (Å²) in [7, 11) is 1.64. The highest BCUT2D eigenvalue weighted by Gasteiger charge is 2.07. The summed E-state index contributed by atoms with van der Waals surface area (Å²) >= 11 is 7.45. The predicted molar refractivity (Wildman–Crippen MR) is 138 cm³/mol. The number of carbonyl (C=O) groups is 1. The topological polar surface area (TPSA) is 69.2 Å². The average Bonchev–Trinajstić information content (AvgIpc) is 2.85. The van der Waals surface area contributed by atoms with Crippen LogP contribution in [0.5, 0.6) is 17.2 Å². The molecule has 178 valence electrons. The molecule has 0 aliphatic heterocycles. The molecule has 0 bridgehead atoms. The van der Waals surface area contributed by atoms with Crippen molar-refractivity contribution in [3.63, 3.8) is 0 Å². The highest BCUT2D eigenvalue weighted by Crippen LogP contribution is 2.29. The second-order valence-corrected chi connectivity index (χ2v) is 8.61. The lowest BCUT2D eigenvalue weighted by atomic mass is 10.2. The molecule has 0 saturated heterocycles. The number of amides is 1. The van der Waals surface area contributed by atoms with E-state index in [2.05, 4.69) is 10.5 Å². The van der Waals surface area contributed by atoms with E-state index in [1.165, 1.54) is 11.8 Å². The summed E-state index contributed by atoms with van der Waals surface area (Å²) in [6, 6.07) is 20.8. The van der Waals surface area contributed by atoms with E-state index >= 15 is 0 Å². The maximum atomic E-state index is 12.1. The summed E-state index contributed by atoms with van der Waals surface area (Å²) in [5.41, 5.74) is 5.48. The Morgan fingerprint density at radius 2 is 1.74 bits per heavy atom. The molecule has 0 aliphatic carbocycles. The zero-order chi connectivity index (χ0) is 24.2. The maximum absolute atomic E-state index is 12.1. The molecule has 1 amide bonds. The van der Waals surface area contributed by atoms with Crippen molar-refractivity contribution in [2.45, 2.75) is 19.3 Å². The second-order valence-electron chi connectivity index (χ2n) is 7.19. The van der Waals surface area contributed by atoms with Gasteiger partial charge in [0.05, 0.1) is 25.7 Å². The summed E-state index contributed by atoms with van der Waals surface area (Å²) in [5, 5.41) is 4.74. The van der Waals surface area contributed by atoms with Crippen LogP contribution in [0.1, 0.15) is 23.6 Å². The van der Waals surface area contributed by atoms with Crippen LogP contribution < -0.4 is 19.6 Å². The Hall–Kier alpha value is -3.16. The highest BCUT2D eigenvalue weighted by molar-refractivity contribution is 7.99. The third-order valence-corrected chi connectivity index (χ3v) is 5.89. The standard InChI is InChI=1S/C26H27ClN2O4S/c1-3-32-25-14-21(8-13-24(25)33-16-19-4-9-22(27)10-5-19)15-28-29-26(30)18-34-17-20-6-11-23(31-2)12-7-20/h4-15H,3,16-18H2,1-2H3,(H,29,30)/b28-15-. The van der Waals surface area contributed by atoms with Gasteiger partial charge in [0.1, 0.15) is 12.4 Å². The quantitative estimate of drug-likeness (QED) is 0.256. The molecule has 8 heteroatoms. The number of benzene rings is 3. The average molecular weight is 499 g/mol. The van der Waals surface area contributed by atoms with Gasteiger partial charge in [-0.05, 0) is 66.1 Å². The second kappa shape index (κ2) is 13.5. The van der Waals surface area contributed by atoms with Crippen LogP contribution in [-0.4, -0.2) is 31.6 Å². The zero-order valence-corrected chi connectivity index (χ0v) is 20.7. The minimum absolute atomic E-state index is 0.164. The molecule has 0 heterocycles. The predicted octanol–water partition coefficient (Wildman–Crippen LogP) is 5.71. The van der Waals surface area contributed by atoms with Gasteiger partial charge >= 0.3 is 0 Å². The lowest BCUT2D eigenvalue weighted by Crippen LogP contribution is -2.19. The Morgan fingerprint density at radius 1 is 1.00 bits per heavy atom. The van der Waals surface area contributed by atoms with Crippen LogP contribution >= 0.6 is 23.4 Å². The van der Waals surface area contributed by atoms with Gasteiger partial charge in [0.15, 0.2) is 11.5 Å². The number of halogens is 1. The van der Waals surface area contributed by atoms with Crippen molar-refractivity contribution in [3.05, 3.63) is 88.4 Å². The molecule has 6 nitrogen and oxygen atoms in total. The van der Waals surface area contributed by atoms with Gasteiger partial charge in [-0.25, -0.2) is 5.43 Å². The van der Waals surface area contributed by atoms with Crippen molar-refractivity contribution < 1.29 is 19.0 Å². The Labute approximate surface area is 209 Å². The first-order valence-electron chi connectivity index (χ1n) is 10.7. The van der Waals surface area contributed by atoms with Crippen LogP contribution in [0.3, 0.4) is 0 Å². The Kier molecular flexibility index (Phi) is 10.1. The summed E-state index contributed by atoms with van der Waals surface area (Å²) in [5.74, 6) is 2.94. The molecule has 0 saturated carbocycles. The van der Waals surface area contributed by atoms with E-state index in [0.717, 1.165) is 28.2 Å². The van der Waals surface area contributed by atoms with Crippen LogP contribution in [0.25, 0.3) is 0 Å². The third kappa shape index (κ3) is 8.32. The van der Waals surface area contributed by atoms with E-state index < -0.39 is 0 Å². The monoisotopic (exact) mass is 498 g/mol. The molecule has 0 spiro atoms. The normalized spacial score (nSPS) is 10.8. The van der Waals surface area contributed by atoms with Gasteiger partial charge in [0.2, 0.25) is 5.91 Å². The summed E-state index contributed by atoms with van der Waals surface area (Å²) in [4.78, 5) is 12.1. The van der Waals surface area contributed by atoms with Gasteiger partial charge in [0, 0.05) is 10.8 Å². The van der Waals surface area contributed by atoms with E-state index in [0.29, 0.717) is 35.5 Å². The number of carbonyl (C=O) groups excluding carboxylic acids is 1. The zero-order valence-electron chi connectivity index (χ0n) is 19.1. The molecule has 0 radical (unpaired) electrons. The van der Waals surface area contributed by atoms with Crippen molar-refractivity contribution in [1.82, 2.24) is 5.43 Å². The SMILES string of the molecule is CCOc1cc(/C=N\NC(=O)CSCc2ccc(OC)cc2)ccc1OCc1ccc(Cl)cc1. The molecule has 0 fully saturated rings. The Bertz CT molecular complexity index is 1090. The minimum Gasteiger partial charge on any atom is -0.497 e. The molecule has 0 unspecified atom stereocenters. The van der Waals surface area contributed by atoms with Crippen LogP contribution in [0, 0.1) is 0 Å². The van der Waals surface area contributed by atoms with E-state index in [-0.39, 0.29) is 5.91 Å². The molecule has 1 N–H and O–H groups in total. The molecule has 0 aromatic heterocycles. The van der Waals surface area contributed by atoms with Crippen molar-refractivity contribution in [3.8, 4) is 17.2 Å². The van der Waals surface area contributed by atoms with Crippen molar-refractivity contribution in [1.29, 1.82) is 0 Å². The van der Waals surface area contributed by atoms with Gasteiger partial charge in [-0.2, -0.15) is 5.10 Å². The van der Waals surface area contributed by atoms with Crippen LogP contribution in [-0.2, 0) is 17.2 Å². The number of thioether (sulfide) groups is 1. The molecule has 3 aromatic rings. The number of nitrogens with zero attached hydrogens (tertiary/aromatic N) is 1. The summed E-state index contributed by atoms with van der Waals surface area (Å²) in [6.07, 6.45) is 1.58. The Morgan fingerprint density at radius 3 is 2.44 bits per heavy atom. The first kappa shape index (κ1) is 25.5. The van der Waals surface area contributed by atoms with E-state index in [9.17, 15) is 4.79 Å². The van der Waals surface area contributed by atoms with Crippen molar-refractivity contribution in [2.75, 3.05) is 19.5 Å². The molecule has 3 rings (SSSR count). The van der Waals surface area contributed by atoms with Gasteiger partial charge in [-0.3, -0.25) is 4.79 Å². The fraction of sp³-hybridized carbons (Fsp3) is 0.231. The third-order valence-electron chi connectivity index (χ3n) is 4.64. The molecule has 0 aliphatic rings. The van der Waals surface area contributed by atoms with Gasteiger partial charge in [-0.1, -0.05) is 35.9 Å². The number of nitrogens with one attached hydrogen (secondary N) is 1. The number of methoxy groups -OCH3 is 1. The Balaban J connectivity index is 1.48. The van der Waals surface area contributed by atoms with Crippen molar-refractivity contribution >= 4 is 35.5 Å². The molecule has 34 heavy (non-hydrogen) atoms. The van der Waals surface area contributed by atoms with Gasteiger partial charge in [0.25, 0.3) is 0 Å². The fourth-order valence-corrected chi connectivity index (χ4v) is 3.83. The summed E-state index contributed by atoms with van der Waals surface area (Å²) < 4.78 is 16.8. The molecular weight excluding hydrogens is 472 g/mol. The molecule has 3 aromatic carbocycles. The number of ether oxygens (including phenoxy) is 3. The lowest BCUT2D eigenvalue weighted by molar-refractivity contribution is -0.118. The van der Waals surface area contributed by atoms with E-state index in [4.69, 9.17) is 25.8 Å². The maximum Gasteiger partial charge on any atom is 0.250 e. The largest absolute Gasteiger partial charge is 0.497 e. The number of hydrogen-bond donors (Lipinski definition) is 1. The fourth-order valence-electron chi connectivity index (χ4n) is 2.93. The number of hydrazone groups is 1. The highest BCUT2D eigenvalue weighted by atomic mass is 35.5. The summed E-state index contributed by atoms with van der Waals surface area (Å²) in [6.45, 7) is 2.81. The smallest absolute Gasteiger partial charge is 0.250 e. The van der Waals surface area contributed by atoms with E-state index in [1.54, 1.807) is 13.3 Å². The first-order chi connectivity index (χ1) is 16.6. The molecular formula is C26H27ClN2O4S. The number of rotatable bonds is 12. The van der Waals surface area contributed by atoms with Crippen LogP contribution in [0.2, 0.25) is 5.02 Å². The van der Waals surface area contributed by atoms with Gasteiger partial charge < -0.3 is 14.2 Å². The first-order valence-corrected chi connectivity index (χ1v) is 12.3. The lowest BCUT2D eigenvalue weighted by Gasteiger charge is -2.12. The molecule has 0 atom stereocenters. The minimum atomic E-state index is -0.164. The van der Waals surface area contributed by atoms with Crippen LogP contribution in [0.15, 0.2) is 71.8 Å². The van der Waals surface area contributed by atoms with Crippen molar-refractivity contribution in [2.24, 2.45) is 5.10 Å². The van der Waals surface area contributed by atoms with Crippen LogP contribution in [0.4, 0.5) is 0 Å².